The van der Waals surface area contributed by atoms with E-state index in [0.29, 0.717) is 34.3 Å². The molecular formula is C24H20Cl2FN3O2. The molecule has 0 fully saturated rings. The van der Waals surface area contributed by atoms with Crippen LogP contribution in [0.3, 0.4) is 0 Å². The van der Waals surface area contributed by atoms with Crippen molar-refractivity contribution in [2.45, 2.75) is 13.0 Å². The number of carbonyl (C=O) groups is 1. The highest BCUT2D eigenvalue weighted by Gasteiger charge is 2.15. The van der Waals surface area contributed by atoms with E-state index in [0.717, 1.165) is 16.9 Å². The number of halogens is 3. The first kappa shape index (κ1) is 22.1. The summed E-state index contributed by atoms with van der Waals surface area (Å²) in [6, 6.07) is 19.1. The predicted octanol–water partition coefficient (Wildman–Crippen LogP) is 5.27. The Hall–Kier alpha value is -3.09. The summed E-state index contributed by atoms with van der Waals surface area (Å²) >= 11 is 12.1. The molecule has 0 saturated heterocycles. The Morgan fingerprint density at radius 3 is 2.59 bits per heavy atom. The maximum atomic E-state index is 14.4. The van der Waals surface area contributed by atoms with Gasteiger partial charge in [0.15, 0.2) is 6.61 Å². The number of ether oxygens (including phenoxy) is 1. The molecule has 32 heavy (non-hydrogen) atoms. The number of para-hydroxylation sites is 2. The van der Waals surface area contributed by atoms with Gasteiger partial charge in [0.05, 0.1) is 17.6 Å². The van der Waals surface area contributed by atoms with Gasteiger partial charge in [-0.3, -0.25) is 4.79 Å². The molecule has 0 saturated carbocycles. The normalized spacial score (nSPS) is 11.0. The van der Waals surface area contributed by atoms with Crippen LogP contribution >= 0.6 is 23.2 Å². The largest absolute Gasteiger partial charge is 0.484 e. The standard InChI is InChI=1S/C24H20Cl2FN3O2/c25-16-8-10-17(11-9-16)32-15-24(31)28-13-12-23-29-21-6-1-2-7-22(21)30(23)14-18-19(26)4-3-5-20(18)27/h1-11H,12-15H2,(H,28,31). The molecule has 0 bridgehead atoms. The van der Waals surface area contributed by atoms with Gasteiger partial charge in [-0.15, -0.1) is 0 Å². The lowest BCUT2D eigenvalue weighted by molar-refractivity contribution is -0.123. The third-order valence-corrected chi connectivity index (χ3v) is 5.57. The fourth-order valence-electron chi connectivity index (χ4n) is 3.38. The van der Waals surface area contributed by atoms with Gasteiger partial charge in [0.1, 0.15) is 17.4 Å². The van der Waals surface area contributed by atoms with Gasteiger partial charge in [-0.2, -0.15) is 0 Å². The van der Waals surface area contributed by atoms with E-state index in [4.69, 9.17) is 27.9 Å². The fourth-order valence-corrected chi connectivity index (χ4v) is 3.73. The van der Waals surface area contributed by atoms with Crippen molar-refractivity contribution in [3.8, 4) is 5.75 Å². The van der Waals surface area contributed by atoms with Gasteiger partial charge in [0.2, 0.25) is 0 Å². The van der Waals surface area contributed by atoms with Crippen molar-refractivity contribution in [2.75, 3.05) is 13.2 Å². The van der Waals surface area contributed by atoms with Crippen LogP contribution in [0.15, 0.2) is 66.7 Å². The van der Waals surface area contributed by atoms with Gasteiger partial charge in [-0.25, -0.2) is 9.37 Å². The number of benzene rings is 3. The summed E-state index contributed by atoms with van der Waals surface area (Å²) in [7, 11) is 0. The quantitative estimate of drug-likeness (QED) is 0.380. The van der Waals surface area contributed by atoms with Crippen LogP contribution in [-0.2, 0) is 17.8 Å². The summed E-state index contributed by atoms with van der Waals surface area (Å²) in [6.45, 7) is 0.495. The Bertz CT molecular complexity index is 1220. The molecule has 4 aromatic rings. The van der Waals surface area contributed by atoms with Crippen LogP contribution in [0.4, 0.5) is 4.39 Å². The zero-order valence-corrected chi connectivity index (χ0v) is 18.5. The molecule has 1 aromatic heterocycles. The van der Waals surface area contributed by atoms with Crippen molar-refractivity contribution in [1.82, 2.24) is 14.9 Å². The lowest BCUT2D eigenvalue weighted by Crippen LogP contribution is -2.31. The van der Waals surface area contributed by atoms with Crippen LogP contribution in [-0.4, -0.2) is 28.6 Å². The van der Waals surface area contributed by atoms with Crippen LogP contribution in [0.2, 0.25) is 10.0 Å². The van der Waals surface area contributed by atoms with Gasteiger partial charge >= 0.3 is 0 Å². The Morgan fingerprint density at radius 2 is 1.81 bits per heavy atom. The minimum Gasteiger partial charge on any atom is -0.484 e. The third-order valence-electron chi connectivity index (χ3n) is 4.97. The van der Waals surface area contributed by atoms with Crippen molar-refractivity contribution in [3.63, 3.8) is 0 Å². The van der Waals surface area contributed by atoms with Crippen LogP contribution in [0.5, 0.6) is 5.75 Å². The summed E-state index contributed by atoms with van der Waals surface area (Å²) in [6.07, 6.45) is 0.466. The Labute approximate surface area is 194 Å². The number of nitrogens with one attached hydrogen (secondary N) is 1. The Kier molecular flexibility index (Phi) is 6.93. The Balaban J connectivity index is 1.43. The molecule has 1 N–H and O–H groups in total. The summed E-state index contributed by atoms with van der Waals surface area (Å²) in [5.74, 6) is 0.672. The number of carbonyl (C=O) groups excluding carboxylic acids is 1. The molecule has 1 amide bonds. The SMILES string of the molecule is O=C(COc1ccc(Cl)cc1)NCCc1nc2ccccc2n1Cc1c(F)cccc1Cl. The van der Waals surface area contributed by atoms with Gasteiger partial charge in [0, 0.05) is 28.6 Å². The summed E-state index contributed by atoms with van der Waals surface area (Å²) in [5.41, 5.74) is 2.07. The number of aromatic nitrogens is 2. The van der Waals surface area contributed by atoms with Crippen LogP contribution in [0.25, 0.3) is 11.0 Å². The number of amides is 1. The molecule has 5 nitrogen and oxygen atoms in total. The minimum absolute atomic E-state index is 0.108. The highest BCUT2D eigenvalue weighted by Crippen LogP contribution is 2.24. The molecule has 3 aromatic carbocycles. The number of imidazole rings is 1. The number of hydrogen-bond donors (Lipinski definition) is 1. The van der Waals surface area contributed by atoms with E-state index in [9.17, 15) is 9.18 Å². The third kappa shape index (κ3) is 5.21. The molecule has 0 unspecified atom stereocenters. The van der Waals surface area contributed by atoms with E-state index < -0.39 is 0 Å². The van der Waals surface area contributed by atoms with Crippen molar-refractivity contribution < 1.29 is 13.9 Å². The predicted molar refractivity (Wildman–Crippen MR) is 124 cm³/mol. The van der Waals surface area contributed by atoms with Crippen molar-refractivity contribution in [2.24, 2.45) is 0 Å². The number of hydrogen-bond acceptors (Lipinski definition) is 3. The molecule has 0 aliphatic carbocycles. The average molecular weight is 472 g/mol. The van der Waals surface area contributed by atoms with E-state index in [-0.39, 0.29) is 24.9 Å². The van der Waals surface area contributed by atoms with Gasteiger partial charge < -0.3 is 14.6 Å². The second kappa shape index (κ2) is 10.0. The molecular weight excluding hydrogens is 452 g/mol. The van der Waals surface area contributed by atoms with Crippen LogP contribution in [0.1, 0.15) is 11.4 Å². The van der Waals surface area contributed by atoms with E-state index in [1.54, 1.807) is 36.4 Å². The fraction of sp³-hybridized carbons (Fsp3) is 0.167. The molecule has 164 valence electrons. The summed E-state index contributed by atoms with van der Waals surface area (Å²) in [5, 5.41) is 3.79. The van der Waals surface area contributed by atoms with Crippen LogP contribution < -0.4 is 10.1 Å². The molecule has 0 radical (unpaired) electrons. The zero-order chi connectivity index (χ0) is 22.5. The first-order valence-electron chi connectivity index (χ1n) is 10.0. The van der Waals surface area contributed by atoms with Crippen molar-refractivity contribution in [1.29, 1.82) is 0 Å². The first-order valence-corrected chi connectivity index (χ1v) is 10.8. The monoisotopic (exact) mass is 471 g/mol. The maximum Gasteiger partial charge on any atom is 0.257 e. The zero-order valence-electron chi connectivity index (χ0n) is 17.0. The lowest BCUT2D eigenvalue weighted by Gasteiger charge is -2.12. The minimum atomic E-state index is -0.367. The maximum absolute atomic E-state index is 14.4. The smallest absolute Gasteiger partial charge is 0.257 e. The topological polar surface area (TPSA) is 56.1 Å². The molecule has 1 heterocycles. The number of nitrogens with zero attached hydrogens (tertiary/aromatic N) is 2. The lowest BCUT2D eigenvalue weighted by atomic mass is 10.2. The number of rotatable bonds is 8. The van der Waals surface area contributed by atoms with Gasteiger partial charge in [-0.05, 0) is 48.5 Å². The molecule has 0 spiro atoms. The van der Waals surface area contributed by atoms with E-state index in [1.165, 1.54) is 6.07 Å². The van der Waals surface area contributed by atoms with Crippen LogP contribution in [0, 0.1) is 5.82 Å². The van der Waals surface area contributed by atoms with Gasteiger partial charge in [-0.1, -0.05) is 41.4 Å². The molecule has 4 rings (SSSR count). The molecule has 0 atom stereocenters. The summed E-state index contributed by atoms with van der Waals surface area (Å²) in [4.78, 5) is 16.8. The second-order valence-corrected chi connectivity index (χ2v) is 7.99. The first-order chi connectivity index (χ1) is 15.5. The van der Waals surface area contributed by atoms with E-state index >= 15 is 0 Å². The van der Waals surface area contributed by atoms with Crippen molar-refractivity contribution >= 4 is 40.1 Å². The summed E-state index contributed by atoms with van der Waals surface area (Å²) < 4.78 is 21.8. The molecule has 0 aliphatic heterocycles. The van der Waals surface area contributed by atoms with E-state index in [1.807, 2.05) is 28.8 Å². The molecule has 8 heteroatoms. The van der Waals surface area contributed by atoms with Gasteiger partial charge in [0.25, 0.3) is 5.91 Å². The molecule has 0 aliphatic rings. The Morgan fingerprint density at radius 1 is 1.03 bits per heavy atom. The average Bonchev–Trinajstić information content (AvgIpc) is 3.13. The number of fused-ring (bicyclic) bond motifs is 1. The highest BCUT2D eigenvalue weighted by molar-refractivity contribution is 6.31. The highest BCUT2D eigenvalue weighted by atomic mass is 35.5. The van der Waals surface area contributed by atoms with E-state index in [2.05, 4.69) is 10.3 Å². The van der Waals surface area contributed by atoms with Crippen molar-refractivity contribution in [3.05, 3.63) is 94.0 Å². The second-order valence-electron chi connectivity index (χ2n) is 7.15.